The molecule has 1 unspecified atom stereocenters. The number of pyridine rings is 1. The molecule has 0 saturated carbocycles. The third-order valence-corrected chi connectivity index (χ3v) is 3.10. The van der Waals surface area contributed by atoms with Gasteiger partial charge >= 0.3 is 0 Å². The molecule has 1 saturated heterocycles. The number of hydrogen-bond donors (Lipinski definition) is 1. The van der Waals surface area contributed by atoms with Crippen molar-refractivity contribution < 1.29 is 4.74 Å². The van der Waals surface area contributed by atoms with E-state index in [9.17, 15) is 0 Å². The summed E-state index contributed by atoms with van der Waals surface area (Å²) in [5.74, 6) is 0. The van der Waals surface area contributed by atoms with Crippen LogP contribution in [-0.4, -0.2) is 36.8 Å². The minimum atomic E-state index is 0.309. The number of rotatable bonds is 4. The van der Waals surface area contributed by atoms with E-state index in [2.05, 4.69) is 48.1 Å². The van der Waals surface area contributed by atoms with Crippen molar-refractivity contribution in [2.24, 2.45) is 0 Å². The first-order valence-corrected chi connectivity index (χ1v) is 6.70. The van der Waals surface area contributed by atoms with Gasteiger partial charge in [-0.25, -0.2) is 0 Å². The SMILES string of the molecule is CC(C)NCc1cc(N2CCOC(C)C2)ccn1. The fourth-order valence-corrected chi connectivity index (χ4v) is 2.12. The predicted molar refractivity (Wildman–Crippen MR) is 73.8 cm³/mol. The molecule has 1 aromatic rings. The van der Waals surface area contributed by atoms with Gasteiger partial charge in [0, 0.05) is 37.6 Å². The summed E-state index contributed by atoms with van der Waals surface area (Å²) in [5, 5.41) is 3.39. The molecule has 100 valence electrons. The lowest BCUT2D eigenvalue weighted by Crippen LogP contribution is -2.41. The summed E-state index contributed by atoms with van der Waals surface area (Å²) >= 11 is 0. The van der Waals surface area contributed by atoms with Crippen LogP contribution in [0, 0.1) is 0 Å². The molecule has 1 atom stereocenters. The van der Waals surface area contributed by atoms with Gasteiger partial charge in [0.05, 0.1) is 18.4 Å². The second-order valence-corrected chi connectivity index (χ2v) is 5.17. The van der Waals surface area contributed by atoms with Crippen molar-refractivity contribution in [2.45, 2.75) is 39.5 Å². The van der Waals surface area contributed by atoms with Crippen LogP contribution >= 0.6 is 0 Å². The molecule has 0 spiro atoms. The molecule has 1 aliphatic rings. The molecule has 0 amide bonds. The second-order valence-electron chi connectivity index (χ2n) is 5.17. The highest BCUT2D eigenvalue weighted by atomic mass is 16.5. The quantitative estimate of drug-likeness (QED) is 0.883. The van der Waals surface area contributed by atoms with Crippen LogP contribution in [0.25, 0.3) is 0 Å². The fourth-order valence-electron chi connectivity index (χ4n) is 2.12. The number of aromatic nitrogens is 1. The van der Waals surface area contributed by atoms with Gasteiger partial charge in [0.2, 0.25) is 0 Å². The van der Waals surface area contributed by atoms with Crippen molar-refractivity contribution >= 4 is 5.69 Å². The zero-order valence-electron chi connectivity index (χ0n) is 11.5. The Hall–Kier alpha value is -1.13. The van der Waals surface area contributed by atoms with Gasteiger partial charge in [-0.15, -0.1) is 0 Å². The number of hydrogen-bond acceptors (Lipinski definition) is 4. The summed E-state index contributed by atoms with van der Waals surface area (Å²) in [6.45, 7) is 9.97. The van der Waals surface area contributed by atoms with Gasteiger partial charge in [-0.3, -0.25) is 4.98 Å². The topological polar surface area (TPSA) is 37.4 Å². The van der Waals surface area contributed by atoms with Gasteiger partial charge in [0.15, 0.2) is 0 Å². The summed E-state index contributed by atoms with van der Waals surface area (Å²) in [4.78, 5) is 6.77. The molecule has 1 aliphatic heterocycles. The zero-order valence-corrected chi connectivity index (χ0v) is 11.5. The maximum atomic E-state index is 5.57. The van der Waals surface area contributed by atoms with Crippen molar-refractivity contribution in [1.82, 2.24) is 10.3 Å². The van der Waals surface area contributed by atoms with E-state index in [0.717, 1.165) is 31.9 Å². The third kappa shape index (κ3) is 3.68. The van der Waals surface area contributed by atoms with Crippen LogP contribution in [0.2, 0.25) is 0 Å². The van der Waals surface area contributed by atoms with Crippen LogP contribution in [0.15, 0.2) is 18.3 Å². The molecule has 0 radical (unpaired) electrons. The summed E-state index contributed by atoms with van der Waals surface area (Å²) < 4.78 is 5.57. The molecule has 18 heavy (non-hydrogen) atoms. The van der Waals surface area contributed by atoms with Gasteiger partial charge in [-0.05, 0) is 19.1 Å². The summed E-state index contributed by atoms with van der Waals surface area (Å²) in [7, 11) is 0. The normalized spacial score (nSPS) is 20.4. The number of ether oxygens (including phenoxy) is 1. The molecule has 2 heterocycles. The van der Waals surface area contributed by atoms with E-state index in [1.165, 1.54) is 5.69 Å². The minimum absolute atomic E-state index is 0.309. The molecular weight excluding hydrogens is 226 g/mol. The first kappa shape index (κ1) is 13.3. The van der Waals surface area contributed by atoms with Crippen molar-refractivity contribution in [2.75, 3.05) is 24.6 Å². The highest BCUT2D eigenvalue weighted by Gasteiger charge is 2.17. The van der Waals surface area contributed by atoms with E-state index in [0.29, 0.717) is 12.1 Å². The molecule has 0 aliphatic carbocycles. The van der Waals surface area contributed by atoms with Crippen LogP contribution in [0.4, 0.5) is 5.69 Å². The first-order chi connectivity index (χ1) is 8.65. The molecule has 2 rings (SSSR count). The second kappa shape index (κ2) is 6.16. The highest BCUT2D eigenvalue weighted by molar-refractivity contribution is 5.47. The molecule has 0 bridgehead atoms. The molecule has 1 aromatic heterocycles. The minimum Gasteiger partial charge on any atom is -0.375 e. The van der Waals surface area contributed by atoms with Crippen molar-refractivity contribution in [3.05, 3.63) is 24.0 Å². The van der Waals surface area contributed by atoms with Gasteiger partial charge in [0.1, 0.15) is 0 Å². The Bertz CT molecular complexity index is 381. The monoisotopic (exact) mass is 249 g/mol. The van der Waals surface area contributed by atoms with Crippen molar-refractivity contribution in [1.29, 1.82) is 0 Å². The highest BCUT2D eigenvalue weighted by Crippen LogP contribution is 2.18. The van der Waals surface area contributed by atoms with E-state index < -0.39 is 0 Å². The van der Waals surface area contributed by atoms with E-state index in [1.54, 1.807) is 0 Å². The molecule has 1 fully saturated rings. The molecule has 1 N–H and O–H groups in total. The van der Waals surface area contributed by atoms with Gasteiger partial charge in [-0.1, -0.05) is 13.8 Å². The van der Waals surface area contributed by atoms with Crippen LogP contribution in [0.5, 0.6) is 0 Å². The lowest BCUT2D eigenvalue weighted by Gasteiger charge is -2.33. The van der Waals surface area contributed by atoms with E-state index in [1.807, 2.05) is 6.20 Å². The number of nitrogens with zero attached hydrogens (tertiary/aromatic N) is 2. The predicted octanol–water partition coefficient (Wildman–Crippen LogP) is 1.80. The summed E-state index contributed by atoms with van der Waals surface area (Å²) in [5.41, 5.74) is 2.35. The van der Waals surface area contributed by atoms with E-state index in [-0.39, 0.29) is 0 Å². The third-order valence-electron chi connectivity index (χ3n) is 3.10. The Morgan fingerprint density at radius 1 is 1.56 bits per heavy atom. The summed E-state index contributed by atoms with van der Waals surface area (Å²) in [6.07, 6.45) is 2.21. The maximum Gasteiger partial charge on any atom is 0.0722 e. The van der Waals surface area contributed by atoms with Crippen LogP contribution in [-0.2, 0) is 11.3 Å². The Balaban J connectivity index is 2.02. The molecule has 4 heteroatoms. The molecule has 0 aromatic carbocycles. The van der Waals surface area contributed by atoms with Crippen LogP contribution < -0.4 is 10.2 Å². The lowest BCUT2D eigenvalue weighted by atomic mass is 10.2. The number of morpholine rings is 1. The van der Waals surface area contributed by atoms with E-state index in [4.69, 9.17) is 4.74 Å². The molecular formula is C14H23N3O. The van der Waals surface area contributed by atoms with Crippen molar-refractivity contribution in [3.63, 3.8) is 0 Å². The van der Waals surface area contributed by atoms with E-state index >= 15 is 0 Å². The average Bonchev–Trinajstić information content (AvgIpc) is 2.37. The average molecular weight is 249 g/mol. The summed E-state index contributed by atoms with van der Waals surface area (Å²) in [6, 6.07) is 4.74. The van der Waals surface area contributed by atoms with Crippen LogP contribution in [0.3, 0.4) is 0 Å². The zero-order chi connectivity index (χ0) is 13.0. The smallest absolute Gasteiger partial charge is 0.0722 e. The Labute approximate surface area is 109 Å². The fraction of sp³-hybridized carbons (Fsp3) is 0.643. The number of nitrogens with one attached hydrogen (secondary N) is 1. The van der Waals surface area contributed by atoms with Gasteiger partial charge in [0.25, 0.3) is 0 Å². The standard InChI is InChI=1S/C14H23N3O/c1-11(2)16-9-13-8-14(4-5-15-13)17-6-7-18-12(3)10-17/h4-5,8,11-12,16H,6-7,9-10H2,1-3H3. The van der Waals surface area contributed by atoms with Crippen LogP contribution in [0.1, 0.15) is 26.5 Å². The lowest BCUT2D eigenvalue weighted by molar-refractivity contribution is 0.0532. The first-order valence-electron chi connectivity index (χ1n) is 6.70. The largest absolute Gasteiger partial charge is 0.375 e. The number of anilines is 1. The van der Waals surface area contributed by atoms with Crippen molar-refractivity contribution in [3.8, 4) is 0 Å². The Kier molecular flexibility index (Phi) is 4.55. The van der Waals surface area contributed by atoms with Gasteiger partial charge < -0.3 is 15.0 Å². The Morgan fingerprint density at radius 3 is 3.11 bits per heavy atom. The Morgan fingerprint density at radius 2 is 2.39 bits per heavy atom. The molecule has 4 nitrogen and oxygen atoms in total. The van der Waals surface area contributed by atoms with Gasteiger partial charge in [-0.2, -0.15) is 0 Å². The maximum absolute atomic E-state index is 5.57.